The van der Waals surface area contributed by atoms with Crippen molar-refractivity contribution >= 4 is 29.8 Å². The Kier molecular flexibility index (Phi) is 66.5. The van der Waals surface area contributed by atoms with Gasteiger partial charge in [-0.15, -0.1) is 0 Å². The molecule has 27 heavy (non-hydrogen) atoms. The van der Waals surface area contributed by atoms with Crippen LogP contribution in [0.4, 0.5) is 0 Å². The number of aliphatic hydroxyl groups excluding tert-OH is 5. The Morgan fingerprint density at radius 1 is 0.519 bits per heavy atom. The minimum atomic E-state index is -1.44. The number of aliphatic hydroxyl groups is 5. The fourth-order valence-electron chi connectivity index (χ4n) is 0. The largest absolute Gasteiger partial charge is 1.00 e. The van der Waals surface area contributed by atoms with Crippen molar-refractivity contribution in [2.75, 3.05) is 33.0 Å². The van der Waals surface area contributed by atoms with Gasteiger partial charge in [-0.3, -0.25) is 0 Å². The summed E-state index contributed by atoms with van der Waals surface area (Å²) in [5, 5.41) is 76.6. The summed E-state index contributed by atoms with van der Waals surface area (Å²) in [7, 11) is 0. The van der Waals surface area contributed by atoms with Crippen molar-refractivity contribution in [1.29, 1.82) is 0 Å². The van der Waals surface area contributed by atoms with Crippen LogP contribution in [0.5, 0.6) is 0 Å². The number of carbonyl (C=O) groups is 5. The Hall–Kier alpha value is -0.980. The molecule has 0 heterocycles. The smallest absolute Gasteiger partial charge is 0.548 e. The van der Waals surface area contributed by atoms with Gasteiger partial charge in [0.15, 0.2) is 0 Å². The minimum absolute atomic E-state index is 0. The zero-order valence-corrected chi connectivity index (χ0v) is 19.6. The van der Waals surface area contributed by atoms with Gasteiger partial charge >= 0.3 is 53.4 Å². The van der Waals surface area contributed by atoms with Crippen LogP contribution in [0, 0.1) is 0 Å². The van der Waals surface area contributed by atoms with Crippen LogP contribution in [-0.4, -0.2) is 109 Å². The topological polar surface area (TPSA) is 290 Å². The molecular weight excluding hydrogens is 562 g/mol. The molecule has 0 aliphatic rings. The molecule has 0 saturated heterocycles. The Morgan fingerprint density at radius 2 is 0.593 bits per heavy atom. The van der Waals surface area contributed by atoms with Gasteiger partial charge in [0, 0.05) is 25.8 Å². The third kappa shape index (κ3) is 163. The van der Waals surface area contributed by atoms with Crippen molar-refractivity contribution in [2.45, 2.75) is 0 Å². The number of aliphatic carboxylic acids is 5. The number of hydrogen-bond acceptors (Lipinski definition) is 11. The number of hydrogen-bond donors (Lipinski definition) is 9. The molecule has 0 aliphatic carbocycles. The molecule has 0 bridgehead atoms. The molecule has 0 aromatic heterocycles. The first-order valence-electron chi connectivity index (χ1n) is 5.47. The van der Waals surface area contributed by atoms with E-state index in [1.54, 1.807) is 0 Å². The van der Waals surface area contributed by atoms with Crippen LogP contribution in [0.3, 0.4) is 0 Å². The van der Waals surface area contributed by atoms with Gasteiger partial charge in [0.2, 0.25) is 0 Å². The maximum absolute atomic E-state index is 9.12. The molecule has 0 aromatic rings. The summed E-state index contributed by atoms with van der Waals surface area (Å²) in [6.45, 7) is -4.00. The molecular formula is C10H19HfNaO15. The fraction of sp³-hybridized carbons (Fsp3) is 0.500. The van der Waals surface area contributed by atoms with Crippen LogP contribution in [0.1, 0.15) is 0 Å². The standard InChI is InChI=1S/5C2H4O3.Hf.Na/c5*3-1-2(4)5;;/h5*3H,1H2,(H,4,5);;/q;;;;;;+1/p-1. The first-order chi connectivity index (χ1) is 11.4. The molecule has 0 saturated carbocycles. The summed E-state index contributed by atoms with van der Waals surface area (Å²) < 4.78 is 0. The predicted molar refractivity (Wildman–Crippen MR) is 71.0 cm³/mol. The first-order valence-corrected chi connectivity index (χ1v) is 5.47. The van der Waals surface area contributed by atoms with Gasteiger partial charge in [0.05, 0.1) is 12.6 Å². The van der Waals surface area contributed by atoms with Crippen molar-refractivity contribution in [3.63, 3.8) is 0 Å². The fourth-order valence-corrected chi connectivity index (χ4v) is 0. The molecule has 0 atom stereocenters. The molecule has 0 fully saturated rings. The normalized spacial score (nSPS) is 6.85. The molecule has 17 heteroatoms. The van der Waals surface area contributed by atoms with Crippen molar-refractivity contribution in [1.82, 2.24) is 0 Å². The third-order valence-electron chi connectivity index (χ3n) is 0.670. The molecule has 9 N–H and O–H groups in total. The molecule has 0 aromatic carbocycles. The van der Waals surface area contributed by atoms with E-state index in [1.165, 1.54) is 0 Å². The van der Waals surface area contributed by atoms with Crippen molar-refractivity contribution in [3.05, 3.63) is 0 Å². The summed E-state index contributed by atoms with van der Waals surface area (Å²) >= 11 is 0. The van der Waals surface area contributed by atoms with Gasteiger partial charge in [-0.1, -0.05) is 0 Å². The van der Waals surface area contributed by atoms with Crippen molar-refractivity contribution in [3.8, 4) is 0 Å². The van der Waals surface area contributed by atoms with Crippen LogP contribution in [0.15, 0.2) is 0 Å². The molecule has 15 nitrogen and oxygen atoms in total. The quantitative estimate of drug-likeness (QED) is 0.136. The zero-order valence-electron chi connectivity index (χ0n) is 14.0. The van der Waals surface area contributed by atoms with E-state index in [-0.39, 0.29) is 55.4 Å². The van der Waals surface area contributed by atoms with Gasteiger partial charge in [0.1, 0.15) is 26.4 Å². The molecule has 0 amide bonds. The Bertz CT molecular complexity index is 294. The summed E-state index contributed by atoms with van der Waals surface area (Å²) in [5.41, 5.74) is 0. The SMILES string of the molecule is O=C(O)CO.O=C(O)CO.O=C(O)CO.O=C(O)CO.O=C([O-])CO.[Hf].[Na+]. The van der Waals surface area contributed by atoms with E-state index in [2.05, 4.69) is 0 Å². The van der Waals surface area contributed by atoms with Crippen LogP contribution in [0.25, 0.3) is 0 Å². The second kappa shape index (κ2) is 39.9. The Labute approximate surface area is 192 Å². The number of rotatable bonds is 5. The van der Waals surface area contributed by atoms with E-state index in [0.29, 0.717) is 0 Å². The summed E-state index contributed by atoms with van der Waals surface area (Å²) in [6, 6.07) is 0. The van der Waals surface area contributed by atoms with Crippen LogP contribution >= 0.6 is 0 Å². The average molecular weight is 581 g/mol. The van der Waals surface area contributed by atoms with E-state index in [4.69, 9.17) is 75.0 Å². The second-order valence-corrected chi connectivity index (χ2v) is 2.74. The second-order valence-electron chi connectivity index (χ2n) is 2.74. The average Bonchev–Trinajstić information content (AvgIpc) is 2.56. The van der Waals surface area contributed by atoms with Gasteiger partial charge in [-0.05, 0) is 0 Å². The number of carbonyl (C=O) groups excluding carboxylic acids is 1. The maximum Gasteiger partial charge on any atom is 1.00 e. The summed E-state index contributed by atoms with van der Waals surface area (Å²) in [6.07, 6.45) is 0. The Balaban J connectivity index is -0.0000000364. The molecule has 0 radical (unpaired) electrons. The molecule has 0 spiro atoms. The van der Waals surface area contributed by atoms with Crippen LogP contribution in [-0.2, 0) is 49.8 Å². The van der Waals surface area contributed by atoms with E-state index in [9.17, 15) is 0 Å². The summed E-state index contributed by atoms with van der Waals surface area (Å²) in [4.78, 5) is 45.5. The molecule has 0 aliphatic heterocycles. The van der Waals surface area contributed by atoms with Gasteiger partial charge in [-0.25, -0.2) is 19.2 Å². The van der Waals surface area contributed by atoms with Crippen molar-refractivity contribution < 1.29 is 130 Å². The Morgan fingerprint density at radius 3 is 0.593 bits per heavy atom. The summed E-state index contributed by atoms with van der Waals surface area (Å²) in [5.74, 6) is -6.20. The van der Waals surface area contributed by atoms with Crippen LogP contribution < -0.4 is 34.7 Å². The minimum Gasteiger partial charge on any atom is -0.548 e. The molecule has 0 rings (SSSR count). The van der Waals surface area contributed by atoms with Gasteiger partial charge < -0.3 is 55.9 Å². The van der Waals surface area contributed by atoms with Gasteiger partial charge in [-0.2, -0.15) is 0 Å². The maximum atomic E-state index is 9.12. The zero-order chi connectivity index (χ0) is 21.4. The first kappa shape index (κ1) is 45.0. The third-order valence-corrected chi connectivity index (χ3v) is 0.670. The van der Waals surface area contributed by atoms with E-state index in [1.807, 2.05) is 0 Å². The van der Waals surface area contributed by atoms with Crippen molar-refractivity contribution in [2.24, 2.45) is 0 Å². The van der Waals surface area contributed by atoms with E-state index < -0.39 is 62.9 Å². The monoisotopic (exact) mass is 582 g/mol. The number of carboxylic acids is 5. The molecule has 154 valence electrons. The van der Waals surface area contributed by atoms with Gasteiger partial charge in [0.25, 0.3) is 0 Å². The van der Waals surface area contributed by atoms with E-state index in [0.717, 1.165) is 0 Å². The predicted octanol–water partition coefficient (Wildman–Crippen LogP) is -9.02. The number of carboxylic acid groups (broad SMARTS) is 5. The van der Waals surface area contributed by atoms with E-state index >= 15 is 0 Å². The molecule has 0 unspecified atom stereocenters. The van der Waals surface area contributed by atoms with Crippen LogP contribution in [0.2, 0.25) is 0 Å².